The number of thioether (sulfide) groups is 1. The molecule has 1 aliphatic rings. The van der Waals surface area contributed by atoms with Gasteiger partial charge in [0, 0.05) is 23.0 Å². The summed E-state index contributed by atoms with van der Waals surface area (Å²) in [6, 6.07) is 6.85. The first-order valence-corrected chi connectivity index (χ1v) is 6.83. The molecule has 1 heterocycles. The molecule has 18 heavy (non-hydrogen) atoms. The van der Waals surface area contributed by atoms with Crippen molar-refractivity contribution in [2.24, 2.45) is 4.99 Å². The normalized spacial score (nSPS) is 18.4. The zero-order valence-corrected chi connectivity index (χ0v) is 11.8. The molecule has 0 radical (unpaired) electrons. The second kappa shape index (κ2) is 5.63. The third-order valence-corrected chi connectivity index (χ3v) is 3.86. The Labute approximate surface area is 115 Å². The summed E-state index contributed by atoms with van der Waals surface area (Å²) < 4.78 is 0. The molecule has 1 aromatic carbocycles. The first-order chi connectivity index (χ1) is 8.56. The quantitative estimate of drug-likeness (QED) is 0.859. The Kier molecular flexibility index (Phi) is 4.14. The van der Waals surface area contributed by atoms with Crippen LogP contribution in [0.3, 0.4) is 0 Å². The first kappa shape index (κ1) is 13.2. The van der Waals surface area contributed by atoms with Gasteiger partial charge in [0.1, 0.15) is 0 Å². The topological polar surface area (TPSA) is 44.7 Å². The van der Waals surface area contributed by atoms with Gasteiger partial charge < -0.3 is 5.32 Å². The van der Waals surface area contributed by atoms with Crippen LogP contribution in [-0.2, 0) is 0 Å². The van der Waals surface area contributed by atoms with Crippen LogP contribution in [0.25, 0.3) is 0 Å². The highest BCUT2D eigenvalue weighted by atomic mass is 35.5. The lowest BCUT2D eigenvalue weighted by Crippen LogP contribution is -2.34. The molecule has 1 aromatic rings. The highest BCUT2D eigenvalue weighted by molar-refractivity contribution is 8.14. The number of rotatable bonds is 1. The molecule has 0 bridgehead atoms. The molecule has 0 saturated carbocycles. The number of hydrogen-bond donors (Lipinski definition) is 1. The van der Waals surface area contributed by atoms with Gasteiger partial charge in [-0.2, -0.15) is 0 Å². The first-order valence-electron chi connectivity index (χ1n) is 5.57. The summed E-state index contributed by atoms with van der Waals surface area (Å²) >= 11 is 7.47. The van der Waals surface area contributed by atoms with Gasteiger partial charge in [-0.25, -0.2) is 4.79 Å². The van der Waals surface area contributed by atoms with E-state index >= 15 is 0 Å². The molecule has 0 fully saturated rings. The van der Waals surface area contributed by atoms with Gasteiger partial charge in [0.25, 0.3) is 0 Å². The van der Waals surface area contributed by atoms with E-state index in [-0.39, 0.29) is 6.03 Å². The molecule has 4 nitrogen and oxygen atoms in total. The molecule has 0 saturated heterocycles. The third kappa shape index (κ3) is 3.17. The molecule has 1 atom stereocenters. The van der Waals surface area contributed by atoms with Crippen LogP contribution in [0.15, 0.2) is 29.3 Å². The molecule has 1 N–H and O–H groups in total. The third-order valence-electron chi connectivity index (χ3n) is 2.46. The van der Waals surface area contributed by atoms with Crippen molar-refractivity contribution in [1.82, 2.24) is 4.90 Å². The van der Waals surface area contributed by atoms with E-state index in [1.807, 2.05) is 0 Å². The molecular weight excluding hydrogens is 270 g/mol. The molecule has 2 rings (SSSR count). The molecule has 1 unspecified atom stereocenters. The minimum Gasteiger partial charge on any atom is -0.307 e. The van der Waals surface area contributed by atoms with Crippen molar-refractivity contribution < 1.29 is 4.79 Å². The van der Waals surface area contributed by atoms with Crippen LogP contribution in [0.4, 0.5) is 10.5 Å². The maximum absolute atomic E-state index is 12.0. The fourth-order valence-corrected chi connectivity index (χ4v) is 2.60. The Balaban J connectivity index is 2.00. The smallest absolute Gasteiger partial charge is 0.307 e. The van der Waals surface area contributed by atoms with Crippen molar-refractivity contribution in [2.75, 3.05) is 18.9 Å². The lowest BCUT2D eigenvalue weighted by Gasteiger charge is -2.17. The van der Waals surface area contributed by atoms with Crippen LogP contribution >= 0.6 is 23.4 Å². The second-order valence-electron chi connectivity index (χ2n) is 4.05. The summed E-state index contributed by atoms with van der Waals surface area (Å²) in [4.78, 5) is 17.8. The minimum absolute atomic E-state index is 0.211. The van der Waals surface area contributed by atoms with Crippen LogP contribution in [-0.4, -0.2) is 34.9 Å². The zero-order valence-electron chi connectivity index (χ0n) is 10.2. The van der Waals surface area contributed by atoms with Gasteiger partial charge in [0.15, 0.2) is 5.17 Å². The highest BCUT2D eigenvalue weighted by Gasteiger charge is 2.22. The van der Waals surface area contributed by atoms with Gasteiger partial charge in [-0.3, -0.25) is 9.89 Å². The Morgan fingerprint density at radius 3 is 3.00 bits per heavy atom. The van der Waals surface area contributed by atoms with Gasteiger partial charge in [-0.15, -0.1) is 0 Å². The van der Waals surface area contributed by atoms with Crippen LogP contribution in [0.5, 0.6) is 0 Å². The van der Waals surface area contributed by atoms with Crippen molar-refractivity contribution in [3.05, 3.63) is 29.3 Å². The molecule has 0 aromatic heterocycles. The molecule has 96 valence electrons. The molecule has 0 spiro atoms. The van der Waals surface area contributed by atoms with E-state index in [9.17, 15) is 4.79 Å². The monoisotopic (exact) mass is 283 g/mol. The average molecular weight is 284 g/mol. The molecule has 1 aliphatic heterocycles. The second-order valence-corrected chi connectivity index (χ2v) is 5.89. The van der Waals surface area contributed by atoms with Crippen molar-refractivity contribution >= 4 is 40.2 Å². The summed E-state index contributed by atoms with van der Waals surface area (Å²) in [5.74, 6) is 0. The number of benzene rings is 1. The van der Waals surface area contributed by atoms with Crippen LogP contribution in [0, 0.1) is 0 Å². The van der Waals surface area contributed by atoms with Gasteiger partial charge >= 0.3 is 6.03 Å². The van der Waals surface area contributed by atoms with Crippen LogP contribution in [0.1, 0.15) is 6.92 Å². The Hall–Kier alpha value is -1.20. The molecular formula is C12H14ClN3OS. The van der Waals surface area contributed by atoms with E-state index in [0.717, 1.165) is 11.7 Å². The number of anilines is 1. The van der Waals surface area contributed by atoms with Gasteiger partial charge in [0.05, 0.1) is 6.54 Å². The summed E-state index contributed by atoms with van der Waals surface area (Å²) in [6.45, 7) is 2.85. The van der Waals surface area contributed by atoms with Gasteiger partial charge in [0.2, 0.25) is 0 Å². The predicted octanol–water partition coefficient (Wildman–Crippen LogP) is 3.30. The van der Waals surface area contributed by atoms with E-state index in [4.69, 9.17) is 11.6 Å². The Morgan fingerprint density at radius 2 is 2.39 bits per heavy atom. The van der Waals surface area contributed by atoms with E-state index in [0.29, 0.717) is 16.0 Å². The summed E-state index contributed by atoms with van der Waals surface area (Å²) in [7, 11) is 1.71. The Bertz CT molecular complexity index is 492. The number of aliphatic imine (C=N–C) groups is 1. The number of amidine groups is 1. The van der Waals surface area contributed by atoms with Crippen molar-refractivity contribution in [1.29, 1.82) is 0 Å². The SMILES string of the molecule is CC1CN=C(N(C)C(=O)Nc2cccc(Cl)c2)S1. The van der Waals surface area contributed by atoms with E-state index < -0.39 is 0 Å². The molecule has 6 heteroatoms. The number of carbonyl (C=O) groups is 1. The summed E-state index contributed by atoms with van der Waals surface area (Å²) in [5, 5.41) is 4.56. The number of amides is 2. The van der Waals surface area contributed by atoms with Crippen molar-refractivity contribution in [3.8, 4) is 0 Å². The average Bonchev–Trinajstić information content (AvgIpc) is 2.75. The van der Waals surface area contributed by atoms with Crippen molar-refractivity contribution in [2.45, 2.75) is 12.2 Å². The summed E-state index contributed by atoms with van der Waals surface area (Å²) in [6.07, 6.45) is 0. The van der Waals surface area contributed by atoms with Gasteiger partial charge in [-0.1, -0.05) is 36.4 Å². The number of nitrogens with one attached hydrogen (secondary N) is 1. The molecule has 0 aliphatic carbocycles. The van der Waals surface area contributed by atoms with Crippen LogP contribution in [0.2, 0.25) is 5.02 Å². The number of nitrogens with zero attached hydrogens (tertiary/aromatic N) is 2. The lowest BCUT2D eigenvalue weighted by atomic mass is 10.3. The highest BCUT2D eigenvalue weighted by Crippen LogP contribution is 2.22. The van der Waals surface area contributed by atoms with Crippen molar-refractivity contribution in [3.63, 3.8) is 0 Å². The van der Waals surface area contributed by atoms with E-state index in [1.54, 1.807) is 43.1 Å². The van der Waals surface area contributed by atoms with E-state index in [1.165, 1.54) is 4.90 Å². The zero-order chi connectivity index (χ0) is 13.1. The largest absolute Gasteiger partial charge is 0.327 e. The fourth-order valence-electron chi connectivity index (χ4n) is 1.51. The fraction of sp³-hybridized carbons (Fsp3) is 0.333. The Morgan fingerprint density at radius 1 is 1.61 bits per heavy atom. The number of hydrogen-bond acceptors (Lipinski definition) is 3. The van der Waals surface area contributed by atoms with Crippen LogP contribution < -0.4 is 5.32 Å². The number of urea groups is 1. The maximum atomic E-state index is 12.0. The molecule has 2 amide bonds. The van der Waals surface area contributed by atoms with Gasteiger partial charge in [-0.05, 0) is 18.2 Å². The summed E-state index contributed by atoms with van der Waals surface area (Å²) in [5.41, 5.74) is 0.677. The van der Waals surface area contributed by atoms with E-state index in [2.05, 4.69) is 17.2 Å². The number of carbonyl (C=O) groups excluding carboxylic acids is 1. The number of halogens is 1. The maximum Gasteiger partial charge on any atom is 0.327 e. The standard InChI is InChI=1S/C12H14ClN3OS/c1-8-7-14-12(18-8)16(2)11(17)15-10-5-3-4-9(13)6-10/h3-6,8H,7H2,1-2H3,(H,15,17). The minimum atomic E-state index is -0.211. The lowest BCUT2D eigenvalue weighted by molar-refractivity contribution is 0.239. The predicted molar refractivity (Wildman–Crippen MR) is 77.6 cm³/mol.